The van der Waals surface area contributed by atoms with E-state index in [2.05, 4.69) is 9.97 Å². The van der Waals surface area contributed by atoms with E-state index in [-0.39, 0.29) is 23.2 Å². The second-order valence-electron chi connectivity index (χ2n) is 6.32. The molecule has 24 heavy (non-hydrogen) atoms. The lowest BCUT2D eigenvalue weighted by molar-refractivity contribution is 0.381. The van der Waals surface area contributed by atoms with E-state index in [1.54, 1.807) is 18.6 Å². The first-order valence-electron chi connectivity index (χ1n) is 8.05. The van der Waals surface area contributed by atoms with Gasteiger partial charge in [-0.05, 0) is 18.8 Å². The summed E-state index contributed by atoms with van der Waals surface area (Å²) in [6, 6.07) is 0. The van der Waals surface area contributed by atoms with Crippen molar-refractivity contribution in [1.29, 1.82) is 0 Å². The summed E-state index contributed by atoms with van der Waals surface area (Å²) in [6.45, 7) is 2.00. The first-order valence-corrected chi connectivity index (χ1v) is 11.5. The van der Waals surface area contributed by atoms with Gasteiger partial charge in [0.1, 0.15) is 5.82 Å². The van der Waals surface area contributed by atoms with E-state index in [0.717, 1.165) is 5.82 Å². The topological polar surface area (TPSA) is 101 Å². The molecule has 3 rings (SSSR count). The molecule has 2 aliphatic heterocycles. The molecule has 1 atom stereocenters. The number of hydrogen-bond acceptors (Lipinski definition) is 7. The van der Waals surface area contributed by atoms with E-state index in [1.807, 2.05) is 4.90 Å². The number of rotatable bonds is 5. The summed E-state index contributed by atoms with van der Waals surface area (Å²) in [5.74, 6) is 1.08. The third kappa shape index (κ3) is 4.22. The fraction of sp³-hybridized carbons (Fsp3) is 0.714. The number of nitrogens with zero attached hydrogens (tertiary/aromatic N) is 4. The smallest absolute Gasteiger partial charge is 0.214 e. The van der Waals surface area contributed by atoms with E-state index < -0.39 is 19.9 Å². The quantitative estimate of drug-likeness (QED) is 0.701. The third-order valence-corrected chi connectivity index (χ3v) is 8.36. The van der Waals surface area contributed by atoms with Crippen LogP contribution in [-0.4, -0.2) is 74.5 Å². The van der Waals surface area contributed by atoms with Crippen molar-refractivity contribution in [2.45, 2.75) is 12.8 Å². The standard InChI is InChI=1S/C14H22N4O4S2/c19-23(20)9-1-13(12-23)2-10-24(21,22)18-7-5-17(6-8-18)14-11-15-3-4-16-14/h3-4,11,13H,1-2,5-10,12H2. The second-order valence-corrected chi connectivity index (χ2v) is 10.6. The maximum absolute atomic E-state index is 12.5. The van der Waals surface area contributed by atoms with Gasteiger partial charge in [0.2, 0.25) is 10.0 Å². The fourth-order valence-corrected chi connectivity index (χ4v) is 6.71. The molecule has 0 N–H and O–H groups in total. The molecule has 8 nitrogen and oxygen atoms in total. The Labute approximate surface area is 142 Å². The van der Waals surface area contributed by atoms with Gasteiger partial charge >= 0.3 is 0 Å². The van der Waals surface area contributed by atoms with Crippen molar-refractivity contribution in [3.05, 3.63) is 18.6 Å². The van der Waals surface area contributed by atoms with Gasteiger partial charge in [0.25, 0.3) is 0 Å². The molecule has 0 bridgehead atoms. The molecule has 0 aromatic carbocycles. The summed E-state index contributed by atoms with van der Waals surface area (Å²) in [5, 5.41) is 0. The van der Waals surface area contributed by atoms with Crippen LogP contribution in [0.2, 0.25) is 0 Å². The molecule has 0 spiro atoms. The van der Waals surface area contributed by atoms with Crippen LogP contribution in [0.3, 0.4) is 0 Å². The first kappa shape index (κ1) is 17.6. The van der Waals surface area contributed by atoms with Crippen molar-refractivity contribution in [3.63, 3.8) is 0 Å². The Morgan fingerprint density at radius 3 is 2.50 bits per heavy atom. The van der Waals surface area contributed by atoms with Crippen molar-refractivity contribution >= 4 is 25.7 Å². The summed E-state index contributed by atoms with van der Waals surface area (Å²) in [7, 11) is -6.29. The minimum atomic E-state index is -3.34. The zero-order chi connectivity index (χ0) is 17.2. The molecular weight excluding hydrogens is 352 g/mol. The molecule has 0 saturated carbocycles. The van der Waals surface area contributed by atoms with Crippen LogP contribution in [0, 0.1) is 5.92 Å². The molecule has 10 heteroatoms. The van der Waals surface area contributed by atoms with E-state index in [1.165, 1.54) is 4.31 Å². The lowest BCUT2D eigenvalue weighted by atomic mass is 10.1. The van der Waals surface area contributed by atoms with Crippen LogP contribution < -0.4 is 4.90 Å². The highest BCUT2D eigenvalue weighted by atomic mass is 32.2. The third-order valence-electron chi connectivity index (χ3n) is 4.62. The van der Waals surface area contributed by atoms with Crippen LogP contribution in [0.25, 0.3) is 0 Å². The van der Waals surface area contributed by atoms with E-state index >= 15 is 0 Å². The minimum Gasteiger partial charge on any atom is -0.353 e. The number of piperazine rings is 1. The summed E-state index contributed by atoms with van der Waals surface area (Å²) in [4.78, 5) is 10.3. The molecule has 134 valence electrons. The SMILES string of the molecule is O=S1(=O)CCC(CCS(=O)(=O)N2CCN(c3cnccn3)CC2)C1. The molecule has 1 aromatic heterocycles. The predicted molar refractivity (Wildman–Crippen MR) is 91.0 cm³/mol. The molecule has 3 heterocycles. The monoisotopic (exact) mass is 374 g/mol. The number of sulfone groups is 1. The van der Waals surface area contributed by atoms with Gasteiger partial charge in [-0.15, -0.1) is 0 Å². The Bertz CT molecular complexity index is 759. The van der Waals surface area contributed by atoms with Crippen molar-refractivity contribution in [1.82, 2.24) is 14.3 Å². The summed E-state index contributed by atoms with van der Waals surface area (Å²) in [6.07, 6.45) is 5.90. The molecule has 0 aliphatic carbocycles. The van der Waals surface area contributed by atoms with Crippen LogP contribution in [0.15, 0.2) is 18.6 Å². The number of sulfonamides is 1. The summed E-state index contributed by atoms with van der Waals surface area (Å²) >= 11 is 0. The highest BCUT2D eigenvalue weighted by Gasteiger charge is 2.31. The van der Waals surface area contributed by atoms with Gasteiger partial charge in [0.05, 0.1) is 23.5 Å². The molecule has 0 radical (unpaired) electrons. The van der Waals surface area contributed by atoms with Gasteiger partial charge in [0.15, 0.2) is 9.84 Å². The van der Waals surface area contributed by atoms with Gasteiger partial charge in [0, 0.05) is 38.6 Å². The Balaban J connectivity index is 1.51. The van der Waals surface area contributed by atoms with Crippen molar-refractivity contribution < 1.29 is 16.8 Å². The molecule has 1 aromatic rings. The van der Waals surface area contributed by atoms with Crippen molar-refractivity contribution in [2.24, 2.45) is 5.92 Å². The number of hydrogen-bond donors (Lipinski definition) is 0. The molecule has 2 saturated heterocycles. The van der Waals surface area contributed by atoms with Crippen molar-refractivity contribution in [3.8, 4) is 0 Å². The Morgan fingerprint density at radius 2 is 1.92 bits per heavy atom. The van der Waals surface area contributed by atoms with E-state index in [9.17, 15) is 16.8 Å². The van der Waals surface area contributed by atoms with Gasteiger partial charge < -0.3 is 4.90 Å². The van der Waals surface area contributed by atoms with Gasteiger partial charge in [-0.2, -0.15) is 4.31 Å². The molecule has 2 fully saturated rings. The maximum Gasteiger partial charge on any atom is 0.214 e. The Morgan fingerprint density at radius 1 is 1.17 bits per heavy atom. The maximum atomic E-state index is 12.5. The average Bonchev–Trinajstić information content (AvgIpc) is 2.93. The Kier molecular flexibility index (Phi) is 5.07. The van der Waals surface area contributed by atoms with Crippen LogP contribution in [-0.2, 0) is 19.9 Å². The predicted octanol–water partition coefficient (Wildman–Crippen LogP) is -0.247. The van der Waals surface area contributed by atoms with E-state index in [4.69, 9.17) is 0 Å². The minimum absolute atomic E-state index is 0.0225. The zero-order valence-corrected chi connectivity index (χ0v) is 15.0. The molecule has 0 amide bonds. The molecule has 1 unspecified atom stereocenters. The number of anilines is 1. The first-order chi connectivity index (χ1) is 11.4. The fourth-order valence-electron chi connectivity index (χ4n) is 3.19. The van der Waals surface area contributed by atoms with Crippen LogP contribution in [0.1, 0.15) is 12.8 Å². The normalized spacial score (nSPS) is 25.0. The van der Waals surface area contributed by atoms with Gasteiger partial charge in [-0.1, -0.05) is 0 Å². The zero-order valence-electron chi connectivity index (χ0n) is 13.4. The van der Waals surface area contributed by atoms with Crippen molar-refractivity contribution in [2.75, 3.05) is 48.3 Å². The molecule has 2 aliphatic rings. The number of aromatic nitrogens is 2. The largest absolute Gasteiger partial charge is 0.353 e. The highest BCUT2D eigenvalue weighted by Crippen LogP contribution is 2.23. The van der Waals surface area contributed by atoms with E-state index in [0.29, 0.717) is 39.0 Å². The lowest BCUT2D eigenvalue weighted by Crippen LogP contribution is -2.49. The highest BCUT2D eigenvalue weighted by molar-refractivity contribution is 7.91. The summed E-state index contributed by atoms with van der Waals surface area (Å²) in [5.41, 5.74) is 0. The average molecular weight is 374 g/mol. The van der Waals surface area contributed by atoms with Crippen LogP contribution in [0.5, 0.6) is 0 Å². The molecular formula is C14H22N4O4S2. The van der Waals surface area contributed by atoms with Crippen LogP contribution in [0.4, 0.5) is 5.82 Å². The van der Waals surface area contributed by atoms with Gasteiger partial charge in [-0.25, -0.2) is 21.8 Å². The van der Waals surface area contributed by atoms with Crippen LogP contribution >= 0.6 is 0 Å². The summed E-state index contributed by atoms with van der Waals surface area (Å²) < 4.78 is 49.4. The Hall–Kier alpha value is -1.26. The lowest BCUT2D eigenvalue weighted by Gasteiger charge is -2.34. The van der Waals surface area contributed by atoms with Gasteiger partial charge in [-0.3, -0.25) is 4.98 Å². The second kappa shape index (κ2) is 6.93.